The normalized spacial score (nSPS) is 10.4. The predicted octanol–water partition coefficient (Wildman–Crippen LogP) is 2.10. The lowest BCUT2D eigenvalue weighted by Crippen LogP contribution is -1.97. The van der Waals surface area contributed by atoms with Crippen LogP contribution in [0.1, 0.15) is 5.56 Å². The standard InChI is InChI=1S/C11H12BrN3O/c1-16-9-2-3-11(10(12)4-9)15-7-8(5-13)6-14-15/h2-4,6-7H,5,13H2,1H3. The van der Waals surface area contributed by atoms with Crippen molar-refractivity contribution in [1.82, 2.24) is 9.78 Å². The summed E-state index contributed by atoms with van der Waals surface area (Å²) in [6.45, 7) is 0.494. The van der Waals surface area contributed by atoms with Crippen LogP contribution in [0.5, 0.6) is 5.75 Å². The van der Waals surface area contributed by atoms with E-state index in [4.69, 9.17) is 10.5 Å². The first-order valence-electron chi connectivity index (χ1n) is 4.82. The molecule has 4 nitrogen and oxygen atoms in total. The van der Waals surface area contributed by atoms with Gasteiger partial charge in [0.25, 0.3) is 0 Å². The molecule has 0 aliphatic rings. The second-order valence-electron chi connectivity index (χ2n) is 3.31. The topological polar surface area (TPSA) is 53.1 Å². The van der Waals surface area contributed by atoms with Gasteiger partial charge in [0.15, 0.2) is 0 Å². The Hall–Kier alpha value is -1.33. The SMILES string of the molecule is COc1ccc(-n2cc(CN)cn2)c(Br)c1. The fourth-order valence-corrected chi connectivity index (χ4v) is 1.94. The smallest absolute Gasteiger partial charge is 0.120 e. The number of hydrogen-bond donors (Lipinski definition) is 1. The van der Waals surface area contributed by atoms with Gasteiger partial charge in [0.05, 0.1) is 19.0 Å². The lowest BCUT2D eigenvalue weighted by atomic mass is 10.3. The summed E-state index contributed by atoms with van der Waals surface area (Å²) in [6, 6.07) is 5.74. The van der Waals surface area contributed by atoms with E-state index in [1.807, 2.05) is 24.4 Å². The Morgan fingerprint density at radius 1 is 1.50 bits per heavy atom. The summed E-state index contributed by atoms with van der Waals surface area (Å²) in [6.07, 6.45) is 3.67. The van der Waals surface area contributed by atoms with Crippen LogP contribution in [0.4, 0.5) is 0 Å². The molecule has 0 saturated heterocycles. The average Bonchev–Trinajstić information content (AvgIpc) is 2.77. The summed E-state index contributed by atoms with van der Waals surface area (Å²) in [5.74, 6) is 0.807. The van der Waals surface area contributed by atoms with Gasteiger partial charge in [0, 0.05) is 22.8 Å². The molecule has 0 radical (unpaired) electrons. The third-order valence-electron chi connectivity index (χ3n) is 2.27. The average molecular weight is 282 g/mol. The van der Waals surface area contributed by atoms with Gasteiger partial charge in [-0.25, -0.2) is 4.68 Å². The summed E-state index contributed by atoms with van der Waals surface area (Å²) < 4.78 is 7.85. The van der Waals surface area contributed by atoms with Crippen LogP contribution >= 0.6 is 15.9 Å². The van der Waals surface area contributed by atoms with Gasteiger partial charge in [-0.15, -0.1) is 0 Å². The highest BCUT2D eigenvalue weighted by Gasteiger charge is 2.05. The molecule has 0 fully saturated rings. The van der Waals surface area contributed by atoms with E-state index in [0.29, 0.717) is 6.54 Å². The van der Waals surface area contributed by atoms with E-state index in [-0.39, 0.29) is 0 Å². The van der Waals surface area contributed by atoms with Gasteiger partial charge in [-0.3, -0.25) is 0 Å². The van der Waals surface area contributed by atoms with Crippen molar-refractivity contribution in [2.75, 3.05) is 7.11 Å². The maximum absolute atomic E-state index is 5.54. The Balaban J connectivity index is 2.40. The molecule has 0 spiro atoms. The van der Waals surface area contributed by atoms with Crippen LogP contribution in [0.25, 0.3) is 5.69 Å². The minimum absolute atomic E-state index is 0.494. The number of ether oxygens (including phenoxy) is 1. The van der Waals surface area contributed by atoms with Crippen LogP contribution < -0.4 is 10.5 Å². The molecule has 2 N–H and O–H groups in total. The molecule has 0 amide bonds. The van der Waals surface area contributed by atoms with E-state index >= 15 is 0 Å². The summed E-state index contributed by atoms with van der Waals surface area (Å²) in [5, 5.41) is 4.24. The molecule has 0 aliphatic carbocycles. The molecule has 2 rings (SSSR count). The molecule has 0 bridgehead atoms. The van der Waals surface area contributed by atoms with Crippen molar-refractivity contribution in [1.29, 1.82) is 0 Å². The van der Waals surface area contributed by atoms with Crippen LogP contribution in [0.3, 0.4) is 0 Å². The highest BCUT2D eigenvalue weighted by molar-refractivity contribution is 9.10. The first-order valence-corrected chi connectivity index (χ1v) is 5.61. The molecule has 1 aromatic heterocycles. The zero-order valence-corrected chi connectivity index (χ0v) is 10.4. The molecule has 0 atom stereocenters. The number of methoxy groups -OCH3 is 1. The van der Waals surface area contributed by atoms with Crippen LogP contribution in [-0.4, -0.2) is 16.9 Å². The Morgan fingerprint density at radius 2 is 2.31 bits per heavy atom. The van der Waals surface area contributed by atoms with Crippen LogP contribution in [0.15, 0.2) is 35.1 Å². The van der Waals surface area contributed by atoms with E-state index in [1.54, 1.807) is 18.0 Å². The van der Waals surface area contributed by atoms with Gasteiger partial charge in [-0.2, -0.15) is 5.10 Å². The van der Waals surface area contributed by atoms with Gasteiger partial charge in [-0.05, 0) is 34.1 Å². The molecule has 0 aliphatic heterocycles. The third kappa shape index (κ3) is 2.10. The molecule has 5 heteroatoms. The first-order chi connectivity index (χ1) is 7.74. The largest absolute Gasteiger partial charge is 0.497 e. The van der Waals surface area contributed by atoms with Gasteiger partial charge in [-0.1, -0.05) is 0 Å². The maximum atomic E-state index is 5.54. The van der Waals surface area contributed by atoms with Gasteiger partial charge in [0.2, 0.25) is 0 Å². The third-order valence-corrected chi connectivity index (χ3v) is 2.91. The Kier molecular flexibility index (Phi) is 3.26. The van der Waals surface area contributed by atoms with Crippen molar-refractivity contribution in [2.24, 2.45) is 5.73 Å². The van der Waals surface area contributed by atoms with Crippen LogP contribution in [0, 0.1) is 0 Å². The highest BCUT2D eigenvalue weighted by Crippen LogP contribution is 2.25. The fraction of sp³-hybridized carbons (Fsp3) is 0.182. The predicted molar refractivity (Wildman–Crippen MR) is 65.7 cm³/mol. The highest BCUT2D eigenvalue weighted by atomic mass is 79.9. The van der Waals surface area contributed by atoms with Crippen molar-refractivity contribution in [3.05, 3.63) is 40.6 Å². The van der Waals surface area contributed by atoms with E-state index in [9.17, 15) is 0 Å². The van der Waals surface area contributed by atoms with Crippen molar-refractivity contribution in [3.8, 4) is 11.4 Å². The quantitative estimate of drug-likeness (QED) is 0.938. The Morgan fingerprint density at radius 3 is 2.88 bits per heavy atom. The molecule has 0 saturated carbocycles. The summed E-state index contributed by atoms with van der Waals surface area (Å²) in [5.41, 5.74) is 7.50. The zero-order chi connectivity index (χ0) is 11.5. The van der Waals surface area contributed by atoms with Crippen molar-refractivity contribution >= 4 is 15.9 Å². The maximum Gasteiger partial charge on any atom is 0.120 e. The zero-order valence-electron chi connectivity index (χ0n) is 8.85. The Labute approximate surface area is 102 Å². The van der Waals surface area contributed by atoms with Crippen LogP contribution in [-0.2, 0) is 6.54 Å². The number of hydrogen-bond acceptors (Lipinski definition) is 3. The van der Waals surface area contributed by atoms with E-state index in [0.717, 1.165) is 21.5 Å². The van der Waals surface area contributed by atoms with E-state index in [2.05, 4.69) is 21.0 Å². The first kappa shape index (κ1) is 11.2. The van der Waals surface area contributed by atoms with Gasteiger partial charge >= 0.3 is 0 Å². The van der Waals surface area contributed by atoms with Crippen molar-refractivity contribution < 1.29 is 4.74 Å². The minimum atomic E-state index is 0.494. The summed E-state index contributed by atoms with van der Waals surface area (Å²) >= 11 is 3.48. The van der Waals surface area contributed by atoms with E-state index in [1.165, 1.54) is 0 Å². The molecule has 84 valence electrons. The van der Waals surface area contributed by atoms with Crippen molar-refractivity contribution in [2.45, 2.75) is 6.54 Å². The molecular formula is C11H12BrN3O. The van der Waals surface area contributed by atoms with Crippen molar-refractivity contribution in [3.63, 3.8) is 0 Å². The molecule has 2 aromatic rings. The van der Waals surface area contributed by atoms with Gasteiger partial charge in [0.1, 0.15) is 5.75 Å². The van der Waals surface area contributed by atoms with Crippen LogP contribution in [0.2, 0.25) is 0 Å². The fourth-order valence-electron chi connectivity index (χ4n) is 1.40. The number of nitrogens with zero attached hydrogens (tertiary/aromatic N) is 2. The number of nitrogens with two attached hydrogens (primary N) is 1. The summed E-state index contributed by atoms with van der Waals surface area (Å²) in [4.78, 5) is 0. The molecular weight excluding hydrogens is 270 g/mol. The number of rotatable bonds is 3. The second kappa shape index (κ2) is 4.67. The monoisotopic (exact) mass is 281 g/mol. The molecule has 16 heavy (non-hydrogen) atoms. The number of halogens is 1. The molecule has 1 heterocycles. The Bertz CT molecular complexity index is 496. The number of benzene rings is 1. The minimum Gasteiger partial charge on any atom is -0.497 e. The van der Waals surface area contributed by atoms with E-state index < -0.39 is 0 Å². The molecule has 1 aromatic carbocycles. The number of aromatic nitrogens is 2. The lowest BCUT2D eigenvalue weighted by molar-refractivity contribution is 0.414. The van der Waals surface area contributed by atoms with Gasteiger partial charge < -0.3 is 10.5 Å². The molecule has 0 unspecified atom stereocenters. The summed E-state index contributed by atoms with van der Waals surface area (Å²) in [7, 11) is 1.64. The lowest BCUT2D eigenvalue weighted by Gasteiger charge is -2.06. The second-order valence-corrected chi connectivity index (χ2v) is 4.17.